The van der Waals surface area contributed by atoms with Gasteiger partial charge in [-0.3, -0.25) is 0 Å². The minimum atomic E-state index is -3.76. The molecule has 256 valence electrons. The zero-order valence-corrected chi connectivity index (χ0v) is 29.8. The molecule has 2 aromatic rings. The third kappa shape index (κ3) is 8.90. The largest absolute Gasteiger partial charge is 0.378 e. The van der Waals surface area contributed by atoms with E-state index in [9.17, 15) is 16.8 Å². The molecule has 1 unspecified atom stereocenters. The molecule has 3 fully saturated rings. The van der Waals surface area contributed by atoms with Crippen molar-refractivity contribution < 1.29 is 16.8 Å². The lowest BCUT2D eigenvalue weighted by atomic mass is 9.89. The normalized spacial score (nSPS) is 24.8. The summed E-state index contributed by atoms with van der Waals surface area (Å²) in [6.07, 6.45) is 8.69. The molecule has 2 saturated heterocycles. The van der Waals surface area contributed by atoms with Crippen LogP contribution in [-0.4, -0.2) is 108 Å². The SMILES string of the molecule is C[C@H]1CN(S(=O)(=O)c2ccc(N(C)C)cc2)CCCN(CC2CCCCC2)CCCN(S(=O)(=O)N2CCC(c3ccccc3)C2)C1. The maximum absolute atomic E-state index is 14.2. The summed E-state index contributed by atoms with van der Waals surface area (Å²) in [5, 5.41) is 0. The van der Waals surface area contributed by atoms with Crippen molar-refractivity contribution in [2.45, 2.75) is 69.1 Å². The molecule has 0 radical (unpaired) electrons. The van der Waals surface area contributed by atoms with Crippen molar-refractivity contribution in [2.75, 3.05) is 77.9 Å². The molecule has 2 heterocycles. The number of benzene rings is 2. The number of nitrogens with zero attached hydrogens (tertiary/aromatic N) is 5. The molecule has 0 bridgehead atoms. The standard InChI is InChI=1S/C35H55N5O4S2/c1-30-26-38(45(41,42)35-18-16-34(17-19-35)36(2)3)23-10-21-37(28-31-12-6-4-7-13-31)22-11-24-39(27-30)46(43,44)40-25-20-33(29-40)32-14-8-5-9-15-32/h5,8-9,14-19,30-31,33H,4,6-7,10-13,20-29H2,1-3H3/t30-,33?/m0/s1. The Hall–Kier alpha value is -2.02. The van der Waals surface area contributed by atoms with E-state index in [0.717, 1.165) is 44.6 Å². The Bertz CT molecular complexity index is 1450. The van der Waals surface area contributed by atoms with Gasteiger partial charge in [-0.2, -0.15) is 21.3 Å². The lowest BCUT2D eigenvalue weighted by Gasteiger charge is -2.35. The second-order valence-electron chi connectivity index (χ2n) is 14.0. The summed E-state index contributed by atoms with van der Waals surface area (Å²) in [6.45, 7) is 7.04. The minimum absolute atomic E-state index is 0.170. The van der Waals surface area contributed by atoms with E-state index in [1.54, 1.807) is 25.0 Å². The van der Waals surface area contributed by atoms with Gasteiger partial charge in [0.25, 0.3) is 10.2 Å². The van der Waals surface area contributed by atoms with Crippen LogP contribution in [0.15, 0.2) is 59.5 Å². The Morgan fingerprint density at radius 1 is 0.674 bits per heavy atom. The van der Waals surface area contributed by atoms with Gasteiger partial charge in [0.1, 0.15) is 0 Å². The van der Waals surface area contributed by atoms with Crippen LogP contribution >= 0.6 is 0 Å². The molecule has 0 amide bonds. The van der Waals surface area contributed by atoms with Gasteiger partial charge in [0.05, 0.1) is 4.90 Å². The molecule has 2 atom stereocenters. The molecule has 1 saturated carbocycles. The van der Waals surface area contributed by atoms with Crippen LogP contribution in [0.1, 0.15) is 69.8 Å². The summed E-state index contributed by atoms with van der Waals surface area (Å²) in [6, 6.07) is 17.2. The monoisotopic (exact) mass is 673 g/mol. The zero-order valence-electron chi connectivity index (χ0n) is 28.1. The summed E-state index contributed by atoms with van der Waals surface area (Å²) in [5.41, 5.74) is 2.12. The summed E-state index contributed by atoms with van der Waals surface area (Å²) in [4.78, 5) is 4.71. The van der Waals surface area contributed by atoms with Gasteiger partial charge in [-0.15, -0.1) is 0 Å². The van der Waals surface area contributed by atoms with Crippen molar-refractivity contribution in [1.82, 2.24) is 17.8 Å². The lowest BCUT2D eigenvalue weighted by Crippen LogP contribution is -2.48. The predicted molar refractivity (Wildman–Crippen MR) is 187 cm³/mol. The van der Waals surface area contributed by atoms with Crippen LogP contribution < -0.4 is 4.90 Å². The second kappa shape index (κ2) is 15.9. The van der Waals surface area contributed by atoms with Crippen molar-refractivity contribution in [3.8, 4) is 0 Å². The van der Waals surface area contributed by atoms with Gasteiger partial charge >= 0.3 is 0 Å². The number of anilines is 1. The van der Waals surface area contributed by atoms with E-state index in [4.69, 9.17) is 0 Å². The third-order valence-electron chi connectivity index (χ3n) is 10.1. The van der Waals surface area contributed by atoms with Gasteiger partial charge in [-0.1, -0.05) is 56.5 Å². The molecule has 5 rings (SSSR count). The Morgan fingerprint density at radius 3 is 1.93 bits per heavy atom. The number of rotatable bonds is 8. The van der Waals surface area contributed by atoms with Crippen molar-refractivity contribution >= 4 is 25.9 Å². The first-order valence-electron chi connectivity index (χ1n) is 17.3. The summed E-state index contributed by atoms with van der Waals surface area (Å²) in [5.74, 6) is 0.679. The molecule has 2 aromatic carbocycles. The van der Waals surface area contributed by atoms with Gasteiger partial charge in [-0.25, -0.2) is 8.42 Å². The quantitative estimate of drug-likeness (QED) is 0.388. The molecule has 0 N–H and O–H groups in total. The van der Waals surface area contributed by atoms with Gasteiger partial charge < -0.3 is 9.80 Å². The summed E-state index contributed by atoms with van der Waals surface area (Å²) in [7, 11) is -3.60. The lowest BCUT2D eigenvalue weighted by molar-refractivity contribution is 0.180. The van der Waals surface area contributed by atoms with Gasteiger partial charge in [0.2, 0.25) is 10.0 Å². The van der Waals surface area contributed by atoms with Crippen molar-refractivity contribution in [3.05, 3.63) is 60.2 Å². The van der Waals surface area contributed by atoms with Crippen molar-refractivity contribution in [2.24, 2.45) is 11.8 Å². The summed E-state index contributed by atoms with van der Waals surface area (Å²) >= 11 is 0. The molecular weight excluding hydrogens is 619 g/mol. The third-order valence-corrected chi connectivity index (χ3v) is 13.9. The van der Waals surface area contributed by atoms with Crippen LogP contribution in [0, 0.1) is 11.8 Å². The highest BCUT2D eigenvalue weighted by Gasteiger charge is 2.37. The van der Waals surface area contributed by atoms with E-state index in [1.165, 1.54) is 37.7 Å². The fraction of sp³-hybridized carbons (Fsp3) is 0.657. The van der Waals surface area contributed by atoms with E-state index in [-0.39, 0.29) is 23.3 Å². The highest BCUT2D eigenvalue weighted by atomic mass is 32.2. The molecule has 2 aliphatic heterocycles. The average molecular weight is 674 g/mol. The highest BCUT2D eigenvalue weighted by molar-refractivity contribution is 7.89. The van der Waals surface area contributed by atoms with Gasteiger partial charge in [0, 0.05) is 65.6 Å². The highest BCUT2D eigenvalue weighted by Crippen LogP contribution is 2.31. The summed E-state index contributed by atoms with van der Waals surface area (Å²) < 4.78 is 61.4. The minimum Gasteiger partial charge on any atom is -0.378 e. The Labute approximate surface area is 278 Å². The first kappa shape index (κ1) is 35.3. The van der Waals surface area contributed by atoms with E-state index in [1.807, 2.05) is 56.3 Å². The van der Waals surface area contributed by atoms with Crippen LogP contribution in [0.5, 0.6) is 0 Å². The van der Waals surface area contributed by atoms with E-state index >= 15 is 0 Å². The molecule has 1 aliphatic carbocycles. The Kier molecular flexibility index (Phi) is 12.2. The van der Waals surface area contributed by atoms with Gasteiger partial charge in [-0.05, 0) is 92.8 Å². The van der Waals surface area contributed by atoms with Crippen LogP contribution in [0.4, 0.5) is 5.69 Å². The first-order chi connectivity index (χ1) is 22.0. The average Bonchev–Trinajstić information content (AvgIpc) is 3.56. The van der Waals surface area contributed by atoms with E-state index in [0.29, 0.717) is 38.6 Å². The Morgan fingerprint density at radius 2 is 1.28 bits per heavy atom. The predicted octanol–water partition coefficient (Wildman–Crippen LogP) is 5.09. The fourth-order valence-corrected chi connectivity index (χ4v) is 10.9. The maximum atomic E-state index is 14.2. The molecule has 9 nitrogen and oxygen atoms in total. The smallest absolute Gasteiger partial charge is 0.282 e. The topological polar surface area (TPSA) is 84.5 Å². The van der Waals surface area contributed by atoms with E-state index < -0.39 is 20.2 Å². The van der Waals surface area contributed by atoms with Crippen LogP contribution in [0.25, 0.3) is 0 Å². The maximum Gasteiger partial charge on any atom is 0.282 e. The second-order valence-corrected chi connectivity index (χ2v) is 17.9. The zero-order chi connectivity index (χ0) is 32.7. The van der Waals surface area contributed by atoms with Crippen molar-refractivity contribution in [3.63, 3.8) is 0 Å². The van der Waals surface area contributed by atoms with Crippen LogP contribution in [0.2, 0.25) is 0 Å². The van der Waals surface area contributed by atoms with Crippen molar-refractivity contribution in [1.29, 1.82) is 0 Å². The number of hydrogen-bond acceptors (Lipinski definition) is 6. The number of hydrogen-bond donors (Lipinski definition) is 0. The van der Waals surface area contributed by atoms with Crippen LogP contribution in [-0.2, 0) is 20.2 Å². The molecule has 46 heavy (non-hydrogen) atoms. The molecular formula is C35H55N5O4S2. The molecule has 11 heteroatoms. The van der Waals surface area contributed by atoms with Crippen LogP contribution in [0.3, 0.4) is 0 Å². The molecule has 0 spiro atoms. The number of sulfonamides is 1. The molecule has 3 aliphatic rings. The fourth-order valence-electron chi connectivity index (χ4n) is 7.50. The molecule has 0 aromatic heterocycles. The van der Waals surface area contributed by atoms with E-state index in [2.05, 4.69) is 17.0 Å². The Balaban J connectivity index is 1.36. The first-order valence-corrected chi connectivity index (χ1v) is 20.2. The van der Waals surface area contributed by atoms with Gasteiger partial charge in [0.15, 0.2) is 0 Å².